The molecule has 3 unspecified atom stereocenters. The Kier molecular flexibility index (Phi) is 8.22. The Bertz CT molecular complexity index is 1130. The van der Waals surface area contributed by atoms with Crippen LogP contribution in [0.15, 0.2) is 36.7 Å². The Balaban J connectivity index is 0.000000751. The number of nitrogens with zero attached hydrogens (tertiary/aromatic N) is 3. The van der Waals surface area contributed by atoms with E-state index in [0.717, 1.165) is 45.2 Å². The van der Waals surface area contributed by atoms with Crippen molar-refractivity contribution in [2.75, 3.05) is 5.32 Å². The van der Waals surface area contributed by atoms with Crippen molar-refractivity contribution in [1.29, 1.82) is 0 Å². The minimum Gasteiger partial charge on any atom is -0.450 e. The van der Waals surface area contributed by atoms with Gasteiger partial charge in [0.25, 0.3) is 0 Å². The lowest BCUT2D eigenvalue weighted by molar-refractivity contribution is -0.0295. The van der Waals surface area contributed by atoms with E-state index in [0.29, 0.717) is 11.9 Å². The lowest BCUT2D eigenvalue weighted by Gasteiger charge is -2.36. The van der Waals surface area contributed by atoms with Crippen molar-refractivity contribution in [3.63, 3.8) is 0 Å². The highest BCUT2D eigenvalue weighted by Crippen LogP contribution is 2.43. The highest BCUT2D eigenvalue weighted by molar-refractivity contribution is 7.15. The largest absolute Gasteiger partial charge is 0.503 e. The monoisotopic (exact) mass is 484 g/mol. The number of hydrogen-bond acceptors (Lipinski definition) is 7. The number of carboxylic acid groups (broad SMARTS) is 2. The summed E-state index contributed by atoms with van der Waals surface area (Å²) in [5.74, 6) is 1.53. The summed E-state index contributed by atoms with van der Waals surface area (Å²) < 4.78 is 0. The number of nitrogens with one attached hydrogen (secondary N) is 1. The maximum absolute atomic E-state index is 11.3. The van der Waals surface area contributed by atoms with E-state index in [1.165, 1.54) is 12.8 Å². The van der Waals surface area contributed by atoms with E-state index >= 15 is 0 Å². The van der Waals surface area contributed by atoms with Crippen LogP contribution >= 0.6 is 11.3 Å². The lowest BCUT2D eigenvalue weighted by atomic mass is 9.74. The van der Waals surface area contributed by atoms with Gasteiger partial charge in [-0.3, -0.25) is 0 Å². The Morgan fingerprint density at radius 2 is 1.91 bits per heavy atom. The number of aryl methyl sites for hydroxylation is 2. The van der Waals surface area contributed by atoms with Crippen LogP contribution in [0.4, 0.5) is 16.4 Å². The minimum absolute atomic E-state index is 0.272. The Hall–Kier alpha value is -3.04. The van der Waals surface area contributed by atoms with Crippen LogP contribution in [0.1, 0.15) is 55.8 Å². The van der Waals surface area contributed by atoms with Crippen LogP contribution in [-0.2, 0) is 5.60 Å². The van der Waals surface area contributed by atoms with Gasteiger partial charge in [-0.05, 0) is 74.8 Å². The maximum Gasteiger partial charge on any atom is 0.503 e. The first-order chi connectivity index (χ1) is 16.0. The van der Waals surface area contributed by atoms with Crippen molar-refractivity contribution in [2.24, 2.45) is 11.8 Å². The molecule has 0 bridgehead atoms. The van der Waals surface area contributed by atoms with Gasteiger partial charge in [0.2, 0.25) is 5.95 Å². The van der Waals surface area contributed by atoms with Gasteiger partial charge >= 0.3 is 6.16 Å². The third kappa shape index (κ3) is 6.74. The van der Waals surface area contributed by atoms with Crippen molar-refractivity contribution in [1.82, 2.24) is 15.0 Å². The van der Waals surface area contributed by atoms with E-state index in [4.69, 9.17) is 15.0 Å². The molecule has 2 aromatic heterocycles. The van der Waals surface area contributed by atoms with Crippen LogP contribution in [0.25, 0.3) is 10.4 Å². The molecule has 0 radical (unpaired) electrons. The number of aromatic nitrogens is 3. The number of thiazole rings is 1. The molecule has 4 N–H and O–H groups in total. The van der Waals surface area contributed by atoms with Gasteiger partial charge < -0.3 is 20.6 Å². The maximum atomic E-state index is 11.3. The summed E-state index contributed by atoms with van der Waals surface area (Å²) in [4.78, 5) is 23.0. The number of hydrogen-bond donors (Lipinski definition) is 4. The van der Waals surface area contributed by atoms with Gasteiger partial charge in [-0.2, -0.15) is 0 Å². The molecule has 0 aliphatic heterocycles. The van der Waals surface area contributed by atoms with Gasteiger partial charge in [0.05, 0.1) is 4.88 Å². The molecule has 4 rings (SSSR count). The zero-order valence-electron chi connectivity index (χ0n) is 19.9. The molecule has 0 saturated heterocycles. The molecule has 1 aliphatic carbocycles. The zero-order valence-corrected chi connectivity index (χ0v) is 20.8. The first kappa shape index (κ1) is 25.6. The fourth-order valence-corrected chi connectivity index (χ4v) is 5.42. The summed E-state index contributed by atoms with van der Waals surface area (Å²) in [7, 11) is 0. The molecule has 1 aliphatic rings. The van der Waals surface area contributed by atoms with Gasteiger partial charge in [0.15, 0.2) is 0 Å². The van der Waals surface area contributed by atoms with Crippen LogP contribution in [0.3, 0.4) is 0 Å². The quantitative estimate of drug-likeness (QED) is 0.336. The standard InChI is InChI=1S/C24H30N4OS.CH2O3/c1-15-6-5-7-19(11-15)24(4,29)22-26-14-21(30-22)18-10-16(2)12-20(13-18)28-23-25-9-8-17(3)27-23;2-1(3)4/h8-10,12-15,19,29H,5-7,11H2,1-4H3,(H,25,27,28);(H2,2,3,4). The topological polar surface area (TPSA) is 128 Å². The average Bonchev–Trinajstić information content (AvgIpc) is 3.24. The predicted octanol–water partition coefficient (Wildman–Crippen LogP) is 6.22. The van der Waals surface area contributed by atoms with E-state index < -0.39 is 11.8 Å². The van der Waals surface area contributed by atoms with E-state index in [-0.39, 0.29) is 5.92 Å². The number of rotatable bonds is 5. The molecule has 0 spiro atoms. The zero-order chi connectivity index (χ0) is 24.9. The van der Waals surface area contributed by atoms with Crippen LogP contribution < -0.4 is 5.32 Å². The van der Waals surface area contributed by atoms with Crippen molar-refractivity contribution >= 4 is 29.1 Å². The molecular weight excluding hydrogens is 452 g/mol. The molecule has 2 heterocycles. The van der Waals surface area contributed by atoms with Crippen LogP contribution in [-0.4, -0.2) is 36.4 Å². The molecule has 0 amide bonds. The molecule has 34 heavy (non-hydrogen) atoms. The van der Waals surface area contributed by atoms with Crippen LogP contribution in [0.5, 0.6) is 0 Å². The summed E-state index contributed by atoms with van der Waals surface area (Å²) in [5, 5.41) is 29.4. The number of carbonyl (C=O) groups is 1. The number of aliphatic hydroxyl groups is 1. The van der Waals surface area contributed by atoms with Gasteiger partial charge in [-0.1, -0.05) is 25.8 Å². The van der Waals surface area contributed by atoms with E-state index in [9.17, 15) is 5.11 Å². The molecular formula is C25H32N4O4S. The molecule has 1 fully saturated rings. The van der Waals surface area contributed by atoms with Gasteiger partial charge in [0, 0.05) is 23.8 Å². The molecule has 3 aromatic rings. The molecule has 182 valence electrons. The van der Waals surface area contributed by atoms with Crippen molar-refractivity contribution in [3.05, 3.63) is 52.9 Å². The fraction of sp³-hybridized carbons (Fsp3) is 0.440. The van der Waals surface area contributed by atoms with Crippen molar-refractivity contribution in [2.45, 2.75) is 59.0 Å². The fourth-order valence-electron chi connectivity index (χ4n) is 4.40. The van der Waals surface area contributed by atoms with Gasteiger partial charge in [-0.25, -0.2) is 19.7 Å². The first-order valence-electron chi connectivity index (χ1n) is 11.3. The SMILES string of the molecule is Cc1cc(Nc2nccc(C)n2)cc(-c2cnc(C(C)(O)C3CCCC(C)C3)s2)c1.O=C(O)O. The molecule has 3 atom stereocenters. The smallest absolute Gasteiger partial charge is 0.450 e. The molecule has 9 heteroatoms. The normalized spacial score (nSPS) is 19.4. The summed E-state index contributed by atoms with van der Waals surface area (Å²) >= 11 is 1.59. The second kappa shape index (κ2) is 10.9. The summed E-state index contributed by atoms with van der Waals surface area (Å²) in [6, 6.07) is 8.20. The summed E-state index contributed by atoms with van der Waals surface area (Å²) in [6.07, 6.45) is 6.40. The second-order valence-electron chi connectivity index (χ2n) is 9.16. The number of benzene rings is 1. The van der Waals surface area contributed by atoms with E-state index in [1.807, 2.05) is 26.1 Å². The first-order valence-corrected chi connectivity index (χ1v) is 12.2. The molecule has 8 nitrogen and oxygen atoms in total. The van der Waals surface area contributed by atoms with Crippen LogP contribution in [0, 0.1) is 25.7 Å². The highest BCUT2D eigenvalue weighted by Gasteiger charge is 2.38. The average molecular weight is 485 g/mol. The lowest BCUT2D eigenvalue weighted by Crippen LogP contribution is -2.34. The van der Waals surface area contributed by atoms with Gasteiger partial charge in [-0.15, -0.1) is 11.3 Å². The third-order valence-corrected chi connectivity index (χ3v) is 7.36. The van der Waals surface area contributed by atoms with Crippen molar-refractivity contribution in [3.8, 4) is 10.4 Å². The van der Waals surface area contributed by atoms with Crippen molar-refractivity contribution < 1.29 is 20.1 Å². The number of anilines is 2. The predicted molar refractivity (Wildman–Crippen MR) is 134 cm³/mol. The summed E-state index contributed by atoms with van der Waals surface area (Å²) in [6.45, 7) is 8.25. The summed E-state index contributed by atoms with van der Waals surface area (Å²) in [5.41, 5.74) is 3.22. The van der Waals surface area contributed by atoms with Gasteiger partial charge in [0.1, 0.15) is 10.6 Å². The molecule has 1 aromatic carbocycles. The third-order valence-electron chi connectivity index (χ3n) is 6.08. The minimum atomic E-state index is -1.83. The van der Waals surface area contributed by atoms with Crippen LogP contribution in [0.2, 0.25) is 0 Å². The van der Waals surface area contributed by atoms with E-state index in [2.05, 4.69) is 52.3 Å². The highest BCUT2D eigenvalue weighted by atomic mass is 32.1. The Morgan fingerprint density at radius 3 is 2.59 bits per heavy atom. The Morgan fingerprint density at radius 1 is 1.18 bits per heavy atom. The Labute approximate surface area is 203 Å². The van der Waals surface area contributed by atoms with E-state index in [1.54, 1.807) is 17.5 Å². The second-order valence-corrected chi connectivity index (χ2v) is 10.2. The molecule has 1 saturated carbocycles.